The van der Waals surface area contributed by atoms with Crippen LogP contribution in [0.4, 0.5) is 4.79 Å². The summed E-state index contributed by atoms with van der Waals surface area (Å²) in [5, 5.41) is 2.81. The first kappa shape index (κ1) is 25.7. The number of carbonyl (C=O) groups is 4. The summed E-state index contributed by atoms with van der Waals surface area (Å²) in [7, 11) is 0. The molecule has 0 spiro atoms. The molecule has 32 heavy (non-hydrogen) atoms. The Labute approximate surface area is 189 Å². The molecule has 1 N–H and O–H groups in total. The van der Waals surface area contributed by atoms with E-state index >= 15 is 0 Å². The minimum Gasteiger partial charge on any atom is -0.465 e. The SMILES string of the molecule is CCCCN1C(=O)[C@@H]2C=C[C@H]1[C@@H](COC(C)=O)[C@H](OC(C)=O)C[C@H]2NC(=O)OC(C)(C)C. The van der Waals surface area contributed by atoms with Gasteiger partial charge >= 0.3 is 18.0 Å². The van der Waals surface area contributed by atoms with E-state index in [0.29, 0.717) is 6.54 Å². The molecular formula is C23H36N2O7. The van der Waals surface area contributed by atoms with Crippen LogP contribution in [-0.4, -0.2) is 65.8 Å². The zero-order valence-electron chi connectivity index (χ0n) is 19.9. The van der Waals surface area contributed by atoms with Crippen molar-refractivity contribution in [2.75, 3.05) is 13.2 Å². The van der Waals surface area contributed by atoms with Crippen molar-refractivity contribution in [3.05, 3.63) is 12.2 Å². The monoisotopic (exact) mass is 452 g/mol. The van der Waals surface area contributed by atoms with Crippen LogP contribution in [0.2, 0.25) is 0 Å². The summed E-state index contributed by atoms with van der Waals surface area (Å²) in [4.78, 5) is 51.1. The third kappa shape index (κ3) is 6.97. The van der Waals surface area contributed by atoms with Gasteiger partial charge < -0.3 is 24.4 Å². The topological polar surface area (TPSA) is 111 Å². The lowest BCUT2D eigenvalue weighted by Crippen LogP contribution is -2.61. The van der Waals surface area contributed by atoms with Gasteiger partial charge in [0, 0.05) is 26.8 Å². The summed E-state index contributed by atoms with van der Waals surface area (Å²) in [5.41, 5.74) is -0.705. The number of unbranched alkanes of at least 4 members (excludes halogenated alkanes) is 1. The normalized spacial score (nSPS) is 27.4. The Bertz CT molecular complexity index is 743. The van der Waals surface area contributed by atoms with Crippen molar-refractivity contribution < 1.29 is 33.4 Å². The van der Waals surface area contributed by atoms with Crippen molar-refractivity contribution >= 4 is 23.9 Å². The molecule has 0 radical (unpaired) electrons. The molecule has 5 atom stereocenters. The van der Waals surface area contributed by atoms with E-state index < -0.39 is 47.6 Å². The number of esters is 2. The third-order valence-electron chi connectivity index (χ3n) is 5.53. The number of ether oxygens (including phenoxy) is 3. The summed E-state index contributed by atoms with van der Waals surface area (Å²) in [6.45, 7) is 10.4. The van der Waals surface area contributed by atoms with Crippen molar-refractivity contribution in [3.8, 4) is 0 Å². The minimum atomic E-state index is -0.705. The summed E-state index contributed by atoms with van der Waals surface area (Å²) < 4.78 is 16.3. The first-order chi connectivity index (χ1) is 14.9. The van der Waals surface area contributed by atoms with Crippen molar-refractivity contribution in [1.82, 2.24) is 10.2 Å². The first-order valence-corrected chi connectivity index (χ1v) is 11.2. The summed E-state index contributed by atoms with van der Waals surface area (Å²) in [5.74, 6) is -2.12. The average molecular weight is 453 g/mol. The molecule has 0 saturated carbocycles. The lowest BCUT2D eigenvalue weighted by molar-refractivity contribution is -0.160. The van der Waals surface area contributed by atoms with Crippen molar-refractivity contribution in [1.29, 1.82) is 0 Å². The van der Waals surface area contributed by atoms with E-state index in [1.807, 2.05) is 13.0 Å². The predicted molar refractivity (Wildman–Crippen MR) is 116 cm³/mol. The quantitative estimate of drug-likeness (QED) is 0.359. The molecule has 9 nitrogen and oxygen atoms in total. The van der Waals surface area contributed by atoms with Gasteiger partial charge in [-0.15, -0.1) is 0 Å². The van der Waals surface area contributed by atoms with Gasteiger partial charge in [0.1, 0.15) is 11.7 Å². The van der Waals surface area contributed by atoms with Gasteiger partial charge in [0.2, 0.25) is 5.91 Å². The standard InChI is InChI=1S/C23H36N2O7/c1-7-8-11-25-19-10-9-16(21(25)28)18(24-22(29)32-23(4,5)6)12-20(31-15(3)27)17(19)13-30-14(2)26/h9-10,16-20H,7-8,11-13H2,1-6H3,(H,24,29)/t16-,17-,18-,19+,20-/m1/s1. The maximum Gasteiger partial charge on any atom is 0.407 e. The number of nitrogens with zero attached hydrogens (tertiary/aromatic N) is 1. The van der Waals surface area contributed by atoms with Gasteiger partial charge in [-0.1, -0.05) is 25.5 Å². The van der Waals surface area contributed by atoms with Crippen LogP contribution < -0.4 is 5.32 Å². The zero-order valence-corrected chi connectivity index (χ0v) is 19.9. The van der Waals surface area contributed by atoms with E-state index in [-0.39, 0.29) is 25.0 Å². The van der Waals surface area contributed by atoms with Gasteiger partial charge in [0.15, 0.2) is 0 Å². The van der Waals surface area contributed by atoms with E-state index in [1.54, 1.807) is 31.7 Å². The van der Waals surface area contributed by atoms with Crippen LogP contribution in [0.15, 0.2) is 12.2 Å². The second-order valence-electron chi connectivity index (χ2n) is 9.39. The average Bonchev–Trinajstić information content (AvgIpc) is 2.63. The highest BCUT2D eigenvalue weighted by Gasteiger charge is 2.47. The molecule has 0 unspecified atom stereocenters. The third-order valence-corrected chi connectivity index (χ3v) is 5.53. The molecule has 180 valence electrons. The van der Waals surface area contributed by atoms with E-state index in [1.165, 1.54) is 13.8 Å². The molecule has 1 saturated heterocycles. The second kappa shape index (κ2) is 10.8. The maximum absolute atomic E-state index is 13.4. The number of hydrogen-bond donors (Lipinski definition) is 1. The van der Waals surface area contributed by atoms with E-state index in [2.05, 4.69) is 5.32 Å². The summed E-state index contributed by atoms with van der Waals surface area (Å²) >= 11 is 0. The molecule has 2 heterocycles. The lowest BCUT2D eigenvalue weighted by atomic mass is 9.77. The molecule has 2 amide bonds. The number of hydrogen-bond acceptors (Lipinski definition) is 7. The number of nitrogens with one attached hydrogen (secondary N) is 1. The Morgan fingerprint density at radius 3 is 2.41 bits per heavy atom. The maximum atomic E-state index is 13.4. The van der Waals surface area contributed by atoms with E-state index in [0.717, 1.165) is 12.8 Å². The Kier molecular flexibility index (Phi) is 8.69. The number of rotatable bonds is 7. The Balaban J connectivity index is 2.43. The molecule has 9 heteroatoms. The smallest absolute Gasteiger partial charge is 0.407 e. The Morgan fingerprint density at radius 1 is 1.16 bits per heavy atom. The van der Waals surface area contributed by atoms with Crippen molar-refractivity contribution in [2.45, 2.75) is 84.6 Å². The minimum absolute atomic E-state index is 0.0119. The Hall–Kier alpha value is -2.58. The highest BCUT2D eigenvalue weighted by Crippen LogP contribution is 2.35. The largest absolute Gasteiger partial charge is 0.465 e. The van der Waals surface area contributed by atoms with Crippen LogP contribution in [0.3, 0.4) is 0 Å². The fourth-order valence-corrected chi connectivity index (χ4v) is 4.19. The van der Waals surface area contributed by atoms with Gasteiger partial charge in [0.25, 0.3) is 0 Å². The molecule has 0 aromatic carbocycles. The number of carbonyl (C=O) groups excluding carboxylic acids is 4. The van der Waals surface area contributed by atoms with E-state index in [4.69, 9.17) is 14.2 Å². The molecule has 1 aliphatic carbocycles. The molecule has 2 bridgehead atoms. The van der Waals surface area contributed by atoms with Gasteiger partial charge in [-0.3, -0.25) is 14.4 Å². The van der Waals surface area contributed by atoms with Crippen LogP contribution in [-0.2, 0) is 28.6 Å². The van der Waals surface area contributed by atoms with Crippen LogP contribution in [0.25, 0.3) is 0 Å². The van der Waals surface area contributed by atoms with Gasteiger partial charge in [-0.05, 0) is 27.2 Å². The number of fused-ring (bicyclic) bond motifs is 4. The number of alkyl carbamates (subject to hydrolysis) is 1. The van der Waals surface area contributed by atoms with Gasteiger partial charge in [0.05, 0.1) is 30.5 Å². The molecular weight excluding hydrogens is 416 g/mol. The molecule has 3 rings (SSSR count). The second-order valence-corrected chi connectivity index (χ2v) is 9.39. The summed E-state index contributed by atoms with van der Waals surface area (Å²) in [6.07, 6.45) is 4.27. The Morgan fingerprint density at radius 2 is 1.84 bits per heavy atom. The fourth-order valence-electron chi connectivity index (χ4n) is 4.19. The van der Waals surface area contributed by atoms with Crippen LogP contribution in [0.1, 0.15) is 60.8 Å². The highest BCUT2D eigenvalue weighted by molar-refractivity contribution is 5.84. The molecule has 3 aliphatic rings. The van der Waals surface area contributed by atoms with Gasteiger partial charge in [-0.2, -0.15) is 0 Å². The van der Waals surface area contributed by atoms with Crippen molar-refractivity contribution in [2.24, 2.45) is 11.8 Å². The summed E-state index contributed by atoms with van der Waals surface area (Å²) in [6, 6.07) is -1.03. The zero-order chi connectivity index (χ0) is 24.1. The first-order valence-electron chi connectivity index (χ1n) is 11.2. The van der Waals surface area contributed by atoms with Crippen molar-refractivity contribution in [3.63, 3.8) is 0 Å². The van der Waals surface area contributed by atoms with Crippen LogP contribution in [0, 0.1) is 11.8 Å². The predicted octanol–water partition coefficient (Wildman–Crippen LogP) is 2.58. The highest BCUT2D eigenvalue weighted by atomic mass is 16.6. The lowest BCUT2D eigenvalue weighted by Gasteiger charge is -2.46. The van der Waals surface area contributed by atoms with Crippen LogP contribution >= 0.6 is 0 Å². The molecule has 2 aliphatic heterocycles. The molecule has 0 aromatic rings. The number of amides is 2. The van der Waals surface area contributed by atoms with Gasteiger partial charge in [-0.25, -0.2) is 4.79 Å². The van der Waals surface area contributed by atoms with E-state index in [9.17, 15) is 19.2 Å². The molecule has 0 aromatic heterocycles. The molecule has 1 fully saturated rings. The van der Waals surface area contributed by atoms with Crippen LogP contribution in [0.5, 0.6) is 0 Å². The fraction of sp³-hybridized carbons (Fsp3) is 0.739.